The van der Waals surface area contributed by atoms with Gasteiger partial charge in [0.25, 0.3) is 0 Å². The van der Waals surface area contributed by atoms with E-state index >= 15 is 0 Å². The van der Waals surface area contributed by atoms with Crippen LogP contribution in [0.5, 0.6) is 0 Å². The normalized spacial score (nSPS) is 11.6. The van der Waals surface area contributed by atoms with Crippen molar-refractivity contribution in [1.29, 1.82) is 0 Å². The van der Waals surface area contributed by atoms with E-state index in [0.717, 1.165) is 12.1 Å². The maximum absolute atomic E-state index is 13.2. The van der Waals surface area contributed by atoms with E-state index in [2.05, 4.69) is 15.9 Å². The highest BCUT2D eigenvalue weighted by molar-refractivity contribution is 9.10. The number of alkyl halides is 3. The summed E-state index contributed by atoms with van der Waals surface area (Å²) in [6, 6.07) is 1.72. The number of carbonyl (C=O) groups is 1. The third-order valence-corrected chi connectivity index (χ3v) is 2.87. The molecule has 0 heterocycles. The van der Waals surface area contributed by atoms with Crippen LogP contribution >= 0.6 is 27.5 Å². The monoisotopic (exact) mass is 318 g/mol. The Morgan fingerprint density at radius 3 is 2.44 bits per heavy atom. The van der Waals surface area contributed by atoms with Crippen LogP contribution in [0.2, 0.25) is 5.02 Å². The first-order valence-electron chi connectivity index (χ1n) is 3.95. The zero-order valence-corrected chi connectivity index (χ0v) is 9.88. The first kappa shape index (κ1) is 13.4. The maximum atomic E-state index is 13.2. The average molecular weight is 319 g/mol. The Hall–Kier alpha value is -0.620. The summed E-state index contributed by atoms with van der Waals surface area (Å²) in [7, 11) is 0. The fourth-order valence-corrected chi connectivity index (χ4v) is 1.49. The van der Waals surface area contributed by atoms with Gasteiger partial charge < -0.3 is 0 Å². The van der Waals surface area contributed by atoms with Crippen molar-refractivity contribution in [2.75, 3.05) is 0 Å². The zero-order chi connectivity index (χ0) is 12.5. The highest BCUT2D eigenvalue weighted by Gasteiger charge is 2.32. The summed E-state index contributed by atoms with van der Waals surface area (Å²) >= 11 is 8.44. The van der Waals surface area contributed by atoms with Crippen LogP contribution in [0.25, 0.3) is 0 Å². The Morgan fingerprint density at radius 1 is 1.38 bits per heavy atom. The van der Waals surface area contributed by atoms with Crippen LogP contribution in [-0.4, -0.2) is 12.0 Å². The molecular formula is C9H4BrClF4O. The molecule has 0 saturated heterocycles. The van der Waals surface area contributed by atoms with E-state index in [0.29, 0.717) is 0 Å². The van der Waals surface area contributed by atoms with Crippen LogP contribution in [0.4, 0.5) is 17.6 Å². The van der Waals surface area contributed by atoms with E-state index in [1.54, 1.807) is 0 Å². The predicted molar refractivity (Wildman–Crippen MR) is 54.1 cm³/mol. The van der Waals surface area contributed by atoms with Crippen LogP contribution in [-0.2, 0) is 0 Å². The first-order chi connectivity index (χ1) is 7.20. The molecule has 1 rings (SSSR count). The van der Waals surface area contributed by atoms with Crippen molar-refractivity contribution in [3.8, 4) is 0 Å². The number of ketones is 1. The molecule has 0 atom stereocenters. The molecule has 0 amide bonds. The quantitative estimate of drug-likeness (QED) is 0.449. The van der Waals surface area contributed by atoms with Gasteiger partial charge in [0.2, 0.25) is 0 Å². The Balaban J connectivity index is 3.05. The molecule has 1 aromatic carbocycles. The van der Waals surface area contributed by atoms with Gasteiger partial charge in [0.05, 0.1) is 10.6 Å². The summed E-state index contributed by atoms with van der Waals surface area (Å²) in [6.07, 6.45) is -6.37. The summed E-state index contributed by atoms with van der Waals surface area (Å²) < 4.78 is 49.1. The van der Waals surface area contributed by atoms with Crippen LogP contribution in [0, 0.1) is 5.82 Å². The molecule has 1 aromatic rings. The van der Waals surface area contributed by atoms with Gasteiger partial charge in [-0.1, -0.05) is 11.6 Å². The minimum atomic E-state index is -4.66. The van der Waals surface area contributed by atoms with Gasteiger partial charge in [-0.2, -0.15) is 13.2 Å². The SMILES string of the molecule is O=C(CC(F)(F)F)c1cc(Cl)c(Br)cc1F. The lowest BCUT2D eigenvalue weighted by molar-refractivity contribution is -0.125. The van der Waals surface area contributed by atoms with Gasteiger partial charge in [-0.25, -0.2) is 4.39 Å². The van der Waals surface area contributed by atoms with Crippen LogP contribution in [0.15, 0.2) is 16.6 Å². The van der Waals surface area contributed by atoms with E-state index < -0.39 is 29.8 Å². The maximum Gasteiger partial charge on any atom is 0.396 e. The number of rotatable bonds is 2. The number of benzene rings is 1. The molecule has 0 aliphatic heterocycles. The molecule has 0 radical (unpaired) electrons. The molecule has 0 bridgehead atoms. The second-order valence-electron chi connectivity index (χ2n) is 2.96. The van der Waals surface area contributed by atoms with Crippen LogP contribution in [0.1, 0.15) is 16.8 Å². The minimum absolute atomic E-state index is 0.0214. The lowest BCUT2D eigenvalue weighted by atomic mass is 10.1. The standard InChI is InChI=1S/C9H4BrClF4O/c10-5-2-7(12)4(1-6(5)11)8(16)3-9(13,14)15/h1-2H,3H2. The number of Topliss-reactive ketones (excluding diaryl/α,β-unsaturated/α-hetero) is 1. The molecule has 0 N–H and O–H groups in total. The summed E-state index contributed by atoms with van der Waals surface area (Å²) in [5.41, 5.74) is -0.662. The third kappa shape index (κ3) is 3.45. The molecule has 0 aliphatic rings. The number of hydrogen-bond donors (Lipinski definition) is 0. The van der Waals surface area contributed by atoms with Crippen molar-refractivity contribution in [2.24, 2.45) is 0 Å². The predicted octanol–water partition coefficient (Wildman–Crippen LogP) is 4.38. The molecule has 0 fully saturated rings. The highest BCUT2D eigenvalue weighted by atomic mass is 79.9. The van der Waals surface area contributed by atoms with Crippen molar-refractivity contribution in [3.05, 3.63) is 33.0 Å². The van der Waals surface area contributed by atoms with E-state index in [9.17, 15) is 22.4 Å². The van der Waals surface area contributed by atoms with Gasteiger partial charge >= 0.3 is 6.18 Å². The third-order valence-electron chi connectivity index (χ3n) is 1.67. The summed E-state index contributed by atoms with van der Waals surface area (Å²) in [6.45, 7) is 0. The van der Waals surface area contributed by atoms with Crippen molar-refractivity contribution >= 4 is 33.3 Å². The van der Waals surface area contributed by atoms with Crippen molar-refractivity contribution in [1.82, 2.24) is 0 Å². The van der Waals surface area contributed by atoms with Gasteiger partial charge in [-0.3, -0.25) is 4.79 Å². The Kier molecular flexibility index (Phi) is 3.96. The zero-order valence-electron chi connectivity index (χ0n) is 7.54. The van der Waals surface area contributed by atoms with Crippen molar-refractivity contribution < 1.29 is 22.4 Å². The lowest BCUT2D eigenvalue weighted by Gasteiger charge is -2.07. The fraction of sp³-hybridized carbons (Fsp3) is 0.222. The second-order valence-corrected chi connectivity index (χ2v) is 4.22. The molecule has 1 nitrogen and oxygen atoms in total. The minimum Gasteiger partial charge on any atom is -0.294 e. The summed E-state index contributed by atoms with van der Waals surface area (Å²) in [4.78, 5) is 11.1. The van der Waals surface area contributed by atoms with Crippen LogP contribution in [0.3, 0.4) is 0 Å². The summed E-state index contributed by atoms with van der Waals surface area (Å²) in [5.74, 6) is -2.38. The molecule has 7 heteroatoms. The molecule has 0 aliphatic carbocycles. The van der Waals surface area contributed by atoms with Gasteiger partial charge in [0.1, 0.15) is 12.2 Å². The topological polar surface area (TPSA) is 17.1 Å². The number of hydrogen-bond acceptors (Lipinski definition) is 1. The molecule has 0 aromatic heterocycles. The van der Waals surface area contributed by atoms with Crippen LogP contribution < -0.4 is 0 Å². The van der Waals surface area contributed by atoms with E-state index in [4.69, 9.17) is 11.6 Å². The Bertz CT molecular complexity index is 430. The summed E-state index contributed by atoms with van der Waals surface area (Å²) in [5, 5.41) is -0.0214. The Labute approximate surface area is 102 Å². The van der Waals surface area contributed by atoms with Crippen molar-refractivity contribution in [3.63, 3.8) is 0 Å². The fourth-order valence-electron chi connectivity index (χ4n) is 1.01. The van der Waals surface area contributed by atoms with Crippen molar-refractivity contribution in [2.45, 2.75) is 12.6 Å². The first-order valence-corrected chi connectivity index (χ1v) is 5.12. The molecule has 0 saturated carbocycles. The average Bonchev–Trinajstić information content (AvgIpc) is 2.08. The van der Waals surface area contributed by atoms with Gasteiger partial charge in [-0.05, 0) is 28.1 Å². The van der Waals surface area contributed by atoms with E-state index in [-0.39, 0.29) is 9.50 Å². The molecule has 0 unspecified atom stereocenters. The van der Waals surface area contributed by atoms with E-state index in [1.165, 1.54) is 0 Å². The van der Waals surface area contributed by atoms with Gasteiger partial charge in [0.15, 0.2) is 5.78 Å². The number of carbonyl (C=O) groups excluding carboxylic acids is 1. The highest BCUT2D eigenvalue weighted by Crippen LogP contribution is 2.28. The molecule has 16 heavy (non-hydrogen) atoms. The smallest absolute Gasteiger partial charge is 0.294 e. The molecule has 0 spiro atoms. The van der Waals surface area contributed by atoms with E-state index in [1.807, 2.05) is 0 Å². The Morgan fingerprint density at radius 2 is 1.94 bits per heavy atom. The second kappa shape index (κ2) is 4.71. The number of halogens is 6. The molecule has 88 valence electrons. The van der Waals surface area contributed by atoms with Gasteiger partial charge in [-0.15, -0.1) is 0 Å². The largest absolute Gasteiger partial charge is 0.396 e. The van der Waals surface area contributed by atoms with Gasteiger partial charge in [0, 0.05) is 4.47 Å². The lowest BCUT2D eigenvalue weighted by Crippen LogP contribution is -2.16. The molecular weight excluding hydrogens is 315 g/mol.